The molecule has 1 heteroatoms. The van der Waals surface area contributed by atoms with Gasteiger partial charge in [-0.2, -0.15) is 0 Å². The van der Waals surface area contributed by atoms with Crippen LogP contribution in [0.15, 0.2) is 0 Å². The van der Waals surface area contributed by atoms with Crippen LogP contribution in [0.25, 0.3) is 0 Å². The van der Waals surface area contributed by atoms with E-state index < -0.39 is 0 Å². The number of ketones is 1. The van der Waals surface area contributed by atoms with Gasteiger partial charge in [-0.25, -0.2) is 0 Å². The lowest BCUT2D eigenvalue weighted by atomic mass is 9.72. The maximum atomic E-state index is 12.1. The molecule has 0 aromatic heterocycles. The molecule has 1 rings (SSSR count). The molecule has 0 amide bonds. The van der Waals surface area contributed by atoms with Crippen LogP contribution in [0.5, 0.6) is 0 Å². The van der Waals surface area contributed by atoms with Crippen molar-refractivity contribution < 1.29 is 4.79 Å². The quantitative estimate of drug-likeness (QED) is 0.683. The van der Waals surface area contributed by atoms with Crippen LogP contribution in [-0.2, 0) is 4.79 Å². The van der Waals surface area contributed by atoms with Crippen molar-refractivity contribution in [2.75, 3.05) is 0 Å². The maximum absolute atomic E-state index is 12.1. The van der Waals surface area contributed by atoms with E-state index in [1.165, 1.54) is 6.42 Å². The van der Waals surface area contributed by atoms with E-state index in [0.29, 0.717) is 17.6 Å². The largest absolute Gasteiger partial charge is 0.299 e. The Bertz CT molecular complexity index is 209. The molecule has 1 aliphatic rings. The third-order valence-electron chi connectivity index (χ3n) is 4.21. The lowest BCUT2D eigenvalue weighted by molar-refractivity contribution is -0.128. The van der Waals surface area contributed by atoms with Crippen LogP contribution in [0.1, 0.15) is 59.8 Å². The van der Waals surface area contributed by atoms with Crippen molar-refractivity contribution >= 4 is 5.78 Å². The van der Waals surface area contributed by atoms with Crippen LogP contribution in [-0.4, -0.2) is 5.78 Å². The second kappa shape index (κ2) is 5.67. The van der Waals surface area contributed by atoms with Crippen LogP contribution < -0.4 is 0 Å². The van der Waals surface area contributed by atoms with Crippen LogP contribution in [0, 0.1) is 23.7 Å². The summed E-state index contributed by atoms with van der Waals surface area (Å²) in [6, 6.07) is 0. The van der Waals surface area contributed by atoms with Gasteiger partial charge < -0.3 is 0 Å². The third-order valence-corrected chi connectivity index (χ3v) is 4.21. The average Bonchev–Trinajstić information content (AvgIpc) is 2.21. The number of carbonyl (C=O) groups is 1. The molecule has 0 saturated heterocycles. The molecule has 0 aromatic rings. The first-order valence-electron chi connectivity index (χ1n) is 6.60. The van der Waals surface area contributed by atoms with Crippen LogP contribution in [0.2, 0.25) is 0 Å². The van der Waals surface area contributed by atoms with E-state index in [1.807, 2.05) is 0 Å². The Balaban J connectivity index is 2.47. The Morgan fingerprint density at radius 3 is 2.47 bits per heavy atom. The summed E-state index contributed by atoms with van der Waals surface area (Å²) in [6.07, 6.45) is 5.72. The highest BCUT2D eigenvalue weighted by Gasteiger charge is 2.30. The standard InChI is InChI=1S/C14H26O/c1-5-6-11(3)14(15)13-8-7-10(2)12(4)9-13/h10-13H,5-9H2,1-4H3. The Morgan fingerprint density at radius 1 is 1.27 bits per heavy atom. The van der Waals surface area contributed by atoms with Crippen molar-refractivity contribution in [1.82, 2.24) is 0 Å². The van der Waals surface area contributed by atoms with Crippen molar-refractivity contribution in [3.05, 3.63) is 0 Å². The number of carbonyl (C=O) groups excluding carboxylic acids is 1. The van der Waals surface area contributed by atoms with Crippen LogP contribution in [0.4, 0.5) is 0 Å². The molecule has 0 N–H and O–H groups in total. The summed E-state index contributed by atoms with van der Waals surface area (Å²) in [5, 5.41) is 0. The Morgan fingerprint density at radius 2 is 1.93 bits per heavy atom. The van der Waals surface area contributed by atoms with Crippen molar-refractivity contribution in [3.8, 4) is 0 Å². The van der Waals surface area contributed by atoms with Gasteiger partial charge in [-0.15, -0.1) is 0 Å². The molecule has 1 aliphatic carbocycles. The zero-order chi connectivity index (χ0) is 11.4. The molecule has 1 saturated carbocycles. The molecule has 0 radical (unpaired) electrons. The zero-order valence-electron chi connectivity index (χ0n) is 10.8. The van der Waals surface area contributed by atoms with E-state index in [4.69, 9.17) is 0 Å². The molecule has 88 valence electrons. The summed E-state index contributed by atoms with van der Waals surface area (Å²) in [5.41, 5.74) is 0. The average molecular weight is 210 g/mol. The fraction of sp³-hybridized carbons (Fsp3) is 0.929. The monoisotopic (exact) mass is 210 g/mol. The van der Waals surface area contributed by atoms with Gasteiger partial charge in [0.25, 0.3) is 0 Å². The van der Waals surface area contributed by atoms with E-state index in [0.717, 1.165) is 37.5 Å². The van der Waals surface area contributed by atoms with E-state index in [-0.39, 0.29) is 0 Å². The van der Waals surface area contributed by atoms with Crippen molar-refractivity contribution in [1.29, 1.82) is 0 Å². The molecular weight excluding hydrogens is 184 g/mol. The van der Waals surface area contributed by atoms with Crippen molar-refractivity contribution in [2.24, 2.45) is 23.7 Å². The topological polar surface area (TPSA) is 17.1 Å². The van der Waals surface area contributed by atoms with Crippen molar-refractivity contribution in [2.45, 2.75) is 59.8 Å². The van der Waals surface area contributed by atoms with E-state index in [2.05, 4.69) is 27.7 Å². The lowest BCUT2D eigenvalue weighted by Gasteiger charge is -2.32. The highest BCUT2D eigenvalue weighted by atomic mass is 16.1. The van der Waals surface area contributed by atoms with E-state index in [9.17, 15) is 4.79 Å². The SMILES string of the molecule is CCCC(C)C(=O)C1CCC(C)C(C)C1. The number of Topliss-reactive ketones (excluding diaryl/α,β-unsaturated/α-hetero) is 1. The van der Waals surface area contributed by atoms with Gasteiger partial charge in [-0.3, -0.25) is 4.79 Å². The van der Waals surface area contributed by atoms with E-state index in [1.54, 1.807) is 0 Å². The van der Waals surface area contributed by atoms with Gasteiger partial charge in [0.15, 0.2) is 0 Å². The predicted molar refractivity (Wildman–Crippen MR) is 64.7 cm³/mol. The fourth-order valence-electron chi connectivity index (χ4n) is 2.78. The van der Waals surface area contributed by atoms with Gasteiger partial charge in [0.1, 0.15) is 5.78 Å². The molecule has 1 fully saturated rings. The zero-order valence-corrected chi connectivity index (χ0v) is 10.8. The molecule has 1 nitrogen and oxygen atoms in total. The van der Waals surface area contributed by atoms with Gasteiger partial charge in [-0.1, -0.05) is 34.1 Å². The highest BCUT2D eigenvalue weighted by molar-refractivity contribution is 5.83. The molecule has 4 atom stereocenters. The van der Waals surface area contributed by atoms with Crippen molar-refractivity contribution in [3.63, 3.8) is 0 Å². The minimum absolute atomic E-state index is 0.292. The minimum Gasteiger partial charge on any atom is -0.299 e. The first-order chi connectivity index (χ1) is 7.06. The summed E-state index contributed by atoms with van der Waals surface area (Å²) >= 11 is 0. The first-order valence-corrected chi connectivity index (χ1v) is 6.60. The normalized spacial score (nSPS) is 33.7. The number of hydrogen-bond acceptors (Lipinski definition) is 1. The van der Waals surface area contributed by atoms with Gasteiger partial charge in [0.2, 0.25) is 0 Å². The molecule has 0 bridgehead atoms. The minimum atomic E-state index is 0.292. The first kappa shape index (κ1) is 12.7. The smallest absolute Gasteiger partial charge is 0.138 e. The van der Waals surface area contributed by atoms with Crippen LogP contribution >= 0.6 is 0 Å². The van der Waals surface area contributed by atoms with Gasteiger partial charge in [-0.05, 0) is 37.5 Å². The summed E-state index contributed by atoms with van der Waals surface area (Å²) in [6.45, 7) is 8.89. The molecule has 0 spiro atoms. The highest BCUT2D eigenvalue weighted by Crippen LogP contribution is 2.35. The molecule has 0 aliphatic heterocycles. The summed E-state index contributed by atoms with van der Waals surface area (Å²) in [5.74, 6) is 2.76. The van der Waals surface area contributed by atoms with Crippen LogP contribution in [0.3, 0.4) is 0 Å². The Kier molecular flexibility index (Phi) is 4.82. The molecule has 15 heavy (non-hydrogen) atoms. The summed E-state index contributed by atoms with van der Waals surface area (Å²) in [4.78, 5) is 12.1. The lowest BCUT2D eigenvalue weighted by Crippen LogP contribution is -2.29. The molecule has 0 aromatic carbocycles. The maximum Gasteiger partial charge on any atom is 0.138 e. The number of rotatable bonds is 4. The Labute approximate surface area is 94.6 Å². The Hall–Kier alpha value is -0.330. The van der Waals surface area contributed by atoms with Gasteiger partial charge >= 0.3 is 0 Å². The molecule has 0 heterocycles. The summed E-state index contributed by atoms with van der Waals surface area (Å²) in [7, 11) is 0. The number of hydrogen-bond donors (Lipinski definition) is 0. The van der Waals surface area contributed by atoms with Gasteiger partial charge in [0, 0.05) is 11.8 Å². The van der Waals surface area contributed by atoms with Gasteiger partial charge in [0.05, 0.1) is 0 Å². The fourth-order valence-corrected chi connectivity index (χ4v) is 2.78. The van der Waals surface area contributed by atoms with E-state index >= 15 is 0 Å². The third kappa shape index (κ3) is 3.32. The second-order valence-electron chi connectivity index (χ2n) is 5.56. The molecule has 4 unspecified atom stereocenters. The second-order valence-corrected chi connectivity index (χ2v) is 5.56. The predicted octanol–water partition coefficient (Wildman–Crippen LogP) is 4.06. The molecular formula is C14H26O. The summed E-state index contributed by atoms with van der Waals surface area (Å²) < 4.78 is 0.